The van der Waals surface area contributed by atoms with Gasteiger partial charge in [0, 0.05) is 12.4 Å². The summed E-state index contributed by atoms with van der Waals surface area (Å²) >= 11 is 0. The van der Waals surface area contributed by atoms with Crippen LogP contribution in [0.5, 0.6) is 0 Å². The summed E-state index contributed by atoms with van der Waals surface area (Å²) in [6.07, 6.45) is 7.94. The first-order chi connectivity index (χ1) is 5.47. The standard InChI is InChI=1S/C9H10N2/c1-3-8(7-10-5-1)9-4-2-6-11-9/h1,3,5-7,9H,2,4H2. The maximum atomic E-state index is 4.34. The lowest BCUT2D eigenvalue weighted by atomic mass is 10.1. The van der Waals surface area contributed by atoms with Crippen LogP contribution in [0.1, 0.15) is 24.4 Å². The van der Waals surface area contributed by atoms with Crippen molar-refractivity contribution in [1.29, 1.82) is 0 Å². The van der Waals surface area contributed by atoms with Crippen LogP contribution >= 0.6 is 0 Å². The largest absolute Gasteiger partial charge is 0.289 e. The molecule has 0 aliphatic carbocycles. The first kappa shape index (κ1) is 6.53. The van der Waals surface area contributed by atoms with Gasteiger partial charge in [0.05, 0.1) is 6.04 Å². The van der Waals surface area contributed by atoms with Gasteiger partial charge in [-0.3, -0.25) is 9.98 Å². The summed E-state index contributed by atoms with van der Waals surface area (Å²) in [6.45, 7) is 0. The van der Waals surface area contributed by atoms with Crippen molar-refractivity contribution in [3.63, 3.8) is 0 Å². The molecule has 2 nitrogen and oxygen atoms in total. The van der Waals surface area contributed by atoms with Crippen LogP contribution in [-0.4, -0.2) is 11.2 Å². The van der Waals surface area contributed by atoms with E-state index in [1.807, 2.05) is 18.5 Å². The van der Waals surface area contributed by atoms with E-state index in [1.165, 1.54) is 5.56 Å². The van der Waals surface area contributed by atoms with Crippen molar-refractivity contribution in [3.05, 3.63) is 30.1 Å². The van der Waals surface area contributed by atoms with Gasteiger partial charge in [-0.1, -0.05) is 6.07 Å². The number of rotatable bonds is 1. The Balaban J connectivity index is 2.23. The molecule has 1 aromatic rings. The van der Waals surface area contributed by atoms with E-state index < -0.39 is 0 Å². The Morgan fingerprint density at radius 1 is 1.45 bits per heavy atom. The lowest BCUT2D eigenvalue weighted by Gasteiger charge is -2.04. The Bertz CT molecular complexity index is 254. The highest BCUT2D eigenvalue weighted by molar-refractivity contribution is 5.60. The average molecular weight is 146 g/mol. The Labute approximate surface area is 66.0 Å². The second kappa shape index (κ2) is 2.82. The Hall–Kier alpha value is -1.18. The molecule has 1 aliphatic rings. The molecule has 0 saturated carbocycles. The van der Waals surface area contributed by atoms with Gasteiger partial charge in [0.15, 0.2) is 0 Å². The lowest BCUT2D eigenvalue weighted by molar-refractivity contribution is 0.719. The molecule has 0 spiro atoms. The Morgan fingerprint density at radius 2 is 2.45 bits per heavy atom. The van der Waals surface area contributed by atoms with E-state index in [-0.39, 0.29) is 0 Å². The zero-order chi connectivity index (χ0) is 7.52. The zero-order valence-electron chi connectivity index (χ0n) is 6.27. The first-order valence-electron chi connectivity index (χ1n) is 3.88. The van der Waals surface area contributed by atoms with E-state index in [9.17, 15) is 0 Å². The van der Waals surface area contributed by atoms with Crippen LogP contribution in [0.2, 0.25) is 0 Å². The number of aliphatic imine (C=N–C) groups is 1. The third-order valence-electron chi connectivity index (χ3n) is 1.92. The summed E-state index contributed by atoms with van der Waals surface area (Å²) < 4.78 is 0. The Morgan fingerprint density at radius 3 is 3.09 bits per heavy atom. The molecular weight excluding hydrogens is 136 g/mol. The summed E-state index contributed by atoms with van der Waals surface area (Å²) in [5.41, 5.74) is 1.24. The SMILES string of the molecule is C1=NC(c2cccnc2)CC1. The molecular formula is C9H10N2. The third kappa shape index (κ3) is 1.29. The fraction of sp³-hybridized carbons (Fsp3) is 0.333. The van der Waals surface area contributed by atoms with E-state index >= 15 is 0 Å². The van der Waals surface area contributed by atoms with Crippen molar-refractivity contribution < 1.29 is 0 Å². The smallest absolute Gasteiger partial charge is 0.0763 e. The molecule has 1 unspecified atom stereocenters. The molecule has 0 bridgehead atoms. The number of pyridine rings is 1. The normalized spacial score (nSPS) is 22.4. The molecule has 2 heteroatoms. The molecule has 0 aromatic carbocycles. The van der Waals surface area contributed by atoms with E-state index in [0.29, 0.717) is 6.04 Å². The summed E-state index contributed by atoms with van der Waals surface area (Å²) in [5.74, 6) is 0. The highest BCUT2D eigenvalue weighted by Gasteiger charge is 2.11. The van der Waals surface area contributed by atoms with Crippen LogP contribution in [0.25, 0.3) is 0 Å². The number of aromatic nitrogens is 1. The lowest BCUT2D eigenvalue weighted by Crippen LogP contribution is -1.90. The first-order valence-corrected chi connectivity index (χ1v) is 3.88. The highest BCUT2D eigenvalue weighted by Crippen LogP contribution is 2.24. The monoisotopic (exact) mass is 146 g/mol. The van der Waals surface area contributed by atoms with Gasteiger partial charge in [0.25, 0.3) is 0 Å². The van der Waals surface area contributed by atoms with Crippen LogP contribution < -0.4 is 0 Å². The maximum Gasteiger partial charge on any atom is 0.0763 e. The number of nitrogens with zero attached hydrogens (tertiary/aromatic N) is 2. The summed E-state index contributed by atoms with van der Waals surface area (Å²) in [4.78, 5) is 8.40. The minimum absolute atomic E-state index is 0.378. The highest BCUT2D eigenvalue weighted by atomic mass is 14.8. The molecule has 1 atom stereocenters. The van der Waals surface area contributed by atoms with Gasteiger partial charge in [-0.05, 0) is 30.7 Å². The minimum atomic E-state index is 0.378. The predicted octanol–water partition coefficient (Wildman–Crippen LogP) is 1.99. The van der Waals surface area contributed by atoms with E-state index in [4.69, 9.17) is 0 Å². The van der Waals surface area contributed by atoms with Gasteiger partial charge in [-0.2, -0.15) is 0 Å². The van der Waals surface area contributed by atoms with Gasteiger partial charge in [0.2, 0.25) is 0 Å². The van der Waals surface area contributed by atoms with Gasteiger partial charge < -0.3 is 0 Å². The van der Waals surface area contributed by atoms with Crippen molar-refractivity contribution in [1.82, 2.24) is 4.98 Å². The second-order valence-corrected chi connectivity index (χ2v) is 2.71. The summed E-state index contributed by atoms with van der Waals surface area (Å²) in [6, 6.07) is 4.42. The minimum Gasteiger partial charge on any atom is -0.289 e. The van der Waals surface area contributed by atoms with E-state index in [1.54, 1.807) is 6.20 Å². The van der Waals surface area contributed by atoms with Crippen molar-refractivity contribution in [2.75, 3.05) is 0 Å². The molecule has 0 radical (unpaired) electrons. The van der Waals surface area contributed by atoms with Gasteiger partial charge in [-0.15, -0.1) is 0 Å². The number of hydrogen-bond acceptors (Lipinski definition) is 2. The maximum absolute atomic E-state index is 4.34. The molecule has 11 heavy (non-hydrogen) atoms. The van der Waals surface area contributed by atoms with Crippen molar-refractivity contribution in [2.45, 2.75) is 18.9 Å². The third-order valence-corrected chi connectivity index (χ3v) is 1.92. The van der Waals surface area contributed by atoms with Crippen molar-refractivity contribution >= 4 is 6.21 Å². The summed E-state index contributed by atoms with van der Waals surface area (Å²) in [7, 11) is 0. The molecule has 2 heterocycles. The van der Waals surface area contributed by atoms with Crippen LogP contribution in [0, 0.1) is 0 Å². The van der Waals surface area contributed by atoms with Crippen LogP contribution in [0.3, 0.4) is 0 Å². The van der Waals surface area contributed by atoms with Crippen LogP contribution in [0.15, 0.2) is 29.5 Å². The molecule has 0 amide bonds. The molecule has 1 aromatic heterocycles. The van der Waals surface area contributed by atoms with Crippen LogP contribution in [0.4, 0.5) is 0 Å². The fourth-order valence-electron chi connectivity index (χ4n) is 1.33. The molecule has 56 valence electrons. The van der Waals surface area contributed by atoms with Crippen molar-refractivity contribution in [3.8, 4) is 0 Å². The number of hydrogen-bond donors (Lipinski definition) is 0. The van der Waals surface area contributed by atoms with E-state index in [2.05, 4.69) is 16.0 Å². The molecule has 0 fully saturated rings. The molecule has 2 rings (SSSR count). The molecule has 0 saturated heterocycles. The second-order valence-electron chi connectivity index (χ2n) is 2.71. The summed E-state index contributed by atoms with van der Waals surface area (Å²) in [5, 5.41) is 0. The van der Waals surface area contributed by atoms with Gasteiger partial charge in [0.1, 0.15) is 0 Å². The average Bonchev–Trinajstić information content (AvgIpc) is 2.58. The molecule has 0 N–H and O–H groups in total. The van der Waals surface area contributed by atoms with Crippen LogP contribution in [-0.2, 0) is 0 Å². The molecule has 1 aliphatic heterocycles. The van der Waals surface area contributed by atoms with E-state index in [0.717, 1.165) is 12.8 Å². The van der Waals surface area contributed by atoms with Gasteiger partial charge in [-0.25, -0.2) is 0 Å². The zero-order valence-corrected chi connectivity index (χ0v) is 6.27. The quantitative estimate of drug-likeness (QED) is 0.594. The Kier molecular flexibility index (Phi) is 1.68. The predicted molar refractivity (Wildman–Crippen MR) is 44.7 cm³/mol. The van der Waals surface area contributed by atoms with Gasteiger partial charge >= 0.3 is 0 Å². The van der Waals surface area contributed by atoms with Crippen molar-refractivity contribution in [2.24, 2.45) is 4.99 Å². The topological polar surface area (TPSA) is 25.2 Å². The fourth-order valence-corrected chi connectivity index (χ4v) is 1.33.